The number of anilines is 1. The SMILES string of the molecule is OCc1cnc(N2CCC(O)C2)cn1. The summed E-state index contributed by atoms with van der Waals surface area (Å²) in [7, 11) is 0. The first-order valence-corrected chi connectivity index (χ1v) is 4.64. The highest BCUT2D eigenvalue weighted by molar-refractivity contribution is 5.37. The summed E-state index contributed by atoms with van der Waals surface area (Å²) in [4.78, 5) is 10.2. The summed E-state index contributed by atoms with van der Waals surface area (Å²) < 4.78 is 0. The zero-order valence-electron chi connectivity index (χ0n) is 7.80. The maximum absolute atomic E-state index is 9.33. The van der Waals surface area contributed by atoms with Crippen LogP contribution in [0.2, 0.25) is 0 Å². The molecule has 2 N–H and O–H groups in total. The zero-order valence-corrected chi connectivity index (χ0v) is 7.80. The molecule has 1 aromatic heterocycles. The van der Waals surface area contributed by atoms with Gasteiger partial charge >= 0.3 is 0 Å². The fraction of sp³-hybridized carbons (Fsp3) is 0.556. The third kappa shape index (κ3) is 1.83. The molecule has 0 saturated carbocycles. The predicted molar refractivity (Wildman–Crippen MR) is 50.8 cm³/mol. The van der Waals surface area contributed by atoms with Crippen LogP contribution in [0, 0.1) is 0 Å². The molecule has 76 valence electrons. The van der Waals surface area contributed by atoms with Crippen LogP contribution < -0.4 is 4.90 Å². The van der Waals surface area contributed by atoms with Gasteiger partial charge in [0.2, 0.25) is 0 Å². The van der Waals surface area contributed by atoms with Crippen molar-refractivity contribution >= 4 is 5.82 Å². The second-order valence-electron chi connectivity index (χ2n) is 3.41. The lowest BCUT2D eigenvalue weighted by Crippen LogP contribution is -2.22. The summed E-state index contributed by atoms with van der Waals surface area (Å²) in [5.74, 6) is 0.763. The fourth-order valence-corrected chi connectivity index (χ4v) is 1.54. The van der Waals surface area contributed by atoms with Crippen molar-refractivity contribution in [1.29, 1.82) is 0 Å². The highest BCUT2D eigenvalue weighted by Gasteiger charge is 2.21. The quantitative estimate of drug-likeness (QED) is 0.668. The first-order valence-electron chi connectivity index (χ1n) is 4.64. The number of hydrogen-bond donors (Lipinski definition) is 2. The van der Waals surface area contributed by atoms with E-state index in [1.807, 2.05) is 4.90 Å². The Kier molecular flexibility index (Phi) is 2.60. The Morgan fingerprint density at radius 1 is 1.43 bits per heavy atom. The van der Waals surface area contributed by atoms with Crippen LogP contribution >= 0.6 is 0 Å². The van der Waals surface area contributed by atoms with Crippen molar-refractivity contribution in [3.05, 3.63) is 18.1 Å². The molecule has 1 aliphatic rings. The minimum atomic E-state index is -0.255. The first-order chi connectivity index (χ1) is 6.79. The van der Waals surface area contributed by atoms with Gasteiger partial charge in [-0.25, -0.2) is 4.98 Å². The summed E-state index contributed by atoms with van der Waals surface area (Å²) in [5.41, 5.74) is 0.563. The van der Waals surface area contributed by atoms with Crippen LogP contribution in [-0.4, -0.2) is 39.4 Å². The molecule has 5 heteroatoms. The third-order valence-electron chi connectivity index (χ3n) is 2.34. The lowest BCUT2D eigenvalue weighted by atomic mass is 10.3. The van der Waals surface area contributed by atoms with Crippen molar-refractivity contribution in [2.45, 2.75) is 19.1 Å². The van der Waals surface area contributed by atoms with Crippen molar-refractivity contribution in [3.63, 3.8) is 0 Å². The van der Waals surface area contributed by atoms with E-state index in [-0.39, 0.29) is 12.7 Å². The monoisotopic (exact) mass is 195 g/mol. The van der Waals surface area contributed by atoms with Crippen LogP contribution in [0.25, 0.3) is 0 Å². The van der Waals surface area contributed by atoms with Crippen molar-refractivity contribution in [3.8, 4) is 0 Å². The van der Waals surface area contributed by atoms with Crippen molar-refractivity contribution < 1.29 is 10.2 Å². The largest absolute Gasteiger partial charge is 0.391 e. The van der Waals surface area contributed by atoms with Gasteiger partial charge in [0.1, 0.15) is 5.82 Å². The maximum Gasteiger partial charge on any atom is 0.147 e. The van der Waals surface area contributed by atoms with Crippen molar-refractivity contribution in [1.82, 2.24) is 9.97 Å². The molecule has 0 spiro atoms. The topological polar surface area (TPSA) is 69.5 Å². The van der Waals surface area contributed by atoms with E-state index in [4.69, 9.17) is 5.11 Å². The van der Waals surface area contributed by atoms with Gasteiger partial charge < -0.3 is 15.1 Å². The summed E-state index contributed by atoms with van der Waals surface area (Å²) >= 11 is 0. The Bertz CT molecular complexity index is 301. The van der Waals surface area contributed by atoms with Crippen LogP contribution in [0.1, 0.15) is 12.1 Å². The molecule has 0 aromatic carbocycles. The number of rotatable bonds is 2. The second kappa shape index (κ2) is 3.89. The van der Waals surface area contributed by atoms with E-state index in [9.17, 15) is 5.11 Å². The molecule has 5 nitrogen and oxygen atoms in total. The van der Waals surface area contributed by atoms with Gasteiger partial charge in [-0.2, -0.15) is 0 Å². The average Bonchev–Trinajstić information content (AvgIpc) is 2.65. The van der Waals surface area contributed by atoms with Crippen LogP contribution in [0.4, 0.5) is 5.82 Å². The van der Waals surface area contributed by atoms with E-state index in [1.54, 1.807) is 12.4 Å². The smallest absolute Gasteiger partial charge is 0.147 e. The van der Waals surface area contributed by atoms with Crippen molar-refractivity contribution in [2.24, 2.45) is 0 Å². The number of nitrogens with zero attached hydrogens (tertiary/aromatic N) is 3. The van der Waals surface area contributed by atoms with E-state index in [2.05, 4.69) is 9.97 Å². The van der Waals surface area contributed by atoms with Gasteiger partial charge in [-0.15, -0.1) is 0 Å². The number of β-amino-alcohol motifs (C(OH)–C–C–N with tert-alkyl or cyclic N) is 1. The number of aliphatic hydroxyl groups is 2. The molecule has 0 aliphatic carbocycles. The number of aromatic nitrogens is 2. The van der Waals surface area contributed by atoms with E-state index in [1.165, 1.54) is 0 Å². The molecule has 1 aromatic rings. The Morgan fingerprint density at radius 3 is 2.79 bits per heavy atom. The molecular formula is C9H13N3O2. The molecule has 1 fully saturated rings. The lowest BCUT2D eigenvalue weighted by Gasteiger charge is -2.15. The van der Waals surface area contributed by atoms with Crippen molar-refractivity contribution in [2.75, 3.05) is 18.0 Å². The Balaban J connectivity index is 2.09. The Labute approximate surface area is 82.0 Å². The van der Waals surface area contributed by atoms with Gasteiger partial charge in [0, 0.05) is 13.1 Å². The predicted octanol–water partition coefficient (Wildman–Crippen LogP) is -0.460. The van der Waals surface area contributed by atoms with Gasteiger partial charge in [-0.3, -0.25) is 4.98 Å². The normalized spacial score (nSPS) is 21.6. The zero-order chi connectivity index (χ0) is 9.97. The fourth-order valence-electron chi connectivity index (χ4n) is 1.54. The molecule has 1 unspecified atom stereocenters. The summed E-state index contributed by atoms with van der Waals surface area (Å²) in [6.07, 6.45) is 3.71. The van der Waals surface area contributed by atoms with Crippen LogP contribution in [0.15, 0.2) is 12.4 Å². The van der Waals surface area contributed by atoms with E-state index >= 15 is 0 Å². The molecule has 1 atom stereocenters. The first kappa shape index (κ1) is 9.36. The highest BCUT2D eigenvalue weighted by Crippen LogP contribution is 2.16. The van der Waals surface area contributed by atoms with Crippen LogP contribution in [0.3, 0.4) is 0 Å². The summed E-state index contributed by atoms with van der Waals surface area (Å²) in [5, 5.41) is 18.1. The third-order valence-corrected chi connectivity index (χ3v) is 2.34. The lowest BCUT2D eigenvalue weighted by molar-refractivity contribution is 0.198. The van der Waals surface area contributed by atoms with Gasteiger partial charge in [0.05, 0.1) is 30.8 Å². The molecule has 0 amide bonds. The molecule has 2 rings (SSSR count). The van der Waals surface area contributed by atoms with Crippen LogP contribution in [0.5, 0.6) is 0 Å². The molecule has 1 saturated heterocycles. The van der Waals surface area contributed by atoms with E-state index < -0.39 is 0 Å². The standard InChI is InChI=1S/C9H13N3O2/c13-6-7-3-11-9(4-10-7)12-2-1-8(14)5-12/h3-4,8,13-14H,1-2,5-6H2. The van der Waals surface area contributed by atoms with E-state index in [0.717, 1.165) is 18.8 Å². The Hall–Kier alpha value is -1.20. The minimum absolute atomic E-state index is 0.0874. The van der Waals surface area contributed by atoms with Gasteiger partial charge in [-0.05, 0) is 6.42 Å². The van der Waals surface area contributed by atoms with Gasteiger partial charge in [-0.1, -0.05) is 0 Å². The van der Waals surface area contributed by atoms with Gasteiger partial charge in [0.25, 0.3) is 0 Å². The molecule has 1 aliphatic heterocycles. The van der Waals surface area contributed by atoms with Gasteiger partial charge in [0.15, 0.2) is 0 Å². The average molecular weight is 195 g/mol. The number of hydrogen-bond acceptors (Lipinski definition) is 5. The molecule has 0 bridgehead atoms. The molecule has 2 heterocycles. The Morgan fingerprint density at radius 2 is 2.29 bits per heavy atom. The summed E-state index contributed by atoms with van der Waals surface area (Å²) in [6, 6.07) is 0. The van der Waals surface area contributed by atoms with E-state index in [0.29, 0.717) is 12.2 Å². The molecular weight excluding hydrogens is 182 g/mol. The minimum Gasteiger partial charge on any atom is -0.391 e. The number of aliphatic hydroxyl groups excluding tert-OH is 2. The molecule has 14 heavy (non-hydrogen) atoms. The maximum atomic E-state index is 9.33. The van der Waals surface area contributed by atoms with Crippen LogP contribution in [-0.2, 0) is 6.61 Å². The highest BCUT2D eigenvalue weighted by atomic mass is 16.3. The second-order valence-corrected chi connectivity index (χ2v) is 3.41. The molecule has 0 radical (unpaired) electrons. The summed E-state index contributed by atoms with van der Waals surface area (Å²) in [6.45, 7) is 1.34.